The molecule has 2 atom stereocenters. The van der Waals surface area contributed by atoms with Gasteiger partial charge in [0.05, 0.1) is 6.54 Å². The maximum absolute atomic E-state index is 13.1. The molecular weight excluding hydrogens is 350 g/mol. The van der Waals surface area contributed by atoms with E-state index >= 15 is 0 Å². The predicted octanol–water partition coefficient (Wildman–Crippen LogP) is 3.70. The lowest BCUT2D eigenvalue weighted by atomic mass is 9.86. The number of carbonyl (C=O) groups is 1. The molecule has 1 fully saturated rings. The first-order chi connectivity index (χ1) is 13.7. The molecule has 0 aliphatic heterocycles. The Bertz CT molecular complexity index is 923. The van der Waals surface area contributed by atoms with Gasteiger partial charge in [-0.3, -0.25) is 9.78 Å². The van der Waals surface area contributed by atoms with Gasteiger partial charge in [-0.15, -0.1) is 5.10 Å². The minimum atomic E-state index is -0.148. The summed E-state index contributed by atoms with van der Waals surface area (Å²) in [6.45, 7) is 2.76. The van der Waals surface area contributed by atoms with Crippen LogP contribution in [-0.4, -0.2) is 31.9 Å². The quantitative estimate of drug-likeness (QED) is 0.738. The highest BCUT2D eigenvalue weighted by molar-refractivity contribution is 5.98. The second-order valence-corrected chi connectivity index (χ2v) is 7.51. The highest BCUT2D eigenvalue weighted by atomic mass is 16.2. The molecular formula is C22H25N5O. The number of nitrogens with zero attached hydrogens (tertiary/aromatic N) is 4. The number of rotatable bonds is 5. The van der Waals surface area contributed by atoms with Crippen LogP contribution in [0.1, 0.15) is 48.7 Å². The molecule has 1 aliphatic carbocycles. The Hall–Kier alpha value is -3.02. The van der Waals surface area contributed by atoms with E-state index in [9.17, 15) is 4.79 Å². The van der Waals surface area contributed by atoms with Gasteiger partial charge < -0.3 is 5.32 Å². The van der Waals surface area contributed by atoms with E-state index in [1.807, 2.05) is 42.5 Å². The van der Waals surface area contributed by atoms with E-state index in [2.05, 4.69) is 27.5 Å². The first kappa shape index (κ1) is 18.3. The van der Waals surface area contributed by atoms with E-state index in [1.165, 1.54) is 6.42 Å². The summed E-state index contributed by atoms with van der Waals surface area (Å²) >= 11 is 0. The normalized spacial score (nSPS) is 19.3. The van der Waals surface area contributed by atoms with Crippen molar-refractivity contribution in [1.29, 1.82) is 0 Å². The largest absolute Gasteiger partial charge is 0.348 e. The van der Waals surface area contributed by atoms with Crippen molar-refractivity contribution in [3.05, 3.63) is 66.1 Å². The molecule has 4 rings (SSSR count). The summed E-state index contributed by atoms with van der Waals surface area (Å²) in [4.78, 5) is 17.2. The van der Waals surface area contributed by atoms with Crippen LogP contribution < -0.4 is 5.32 Å². The average molecular weight is 375 g/mol. The Morgan fingerprint density at radius 1 is 1.11 bits per heavy atom. The highest BCUT2D eigenvalue weighted by Crippen LogP contribution is 2.26. The fourth-order valence-corrected chi connectivity index (χ4v) is 3.90. The molecule has 0 unspecified atom stereocenters. The Morgan fingerprint density at radius 2 is 1.86 bits per heavy atom. The molecule has 6 nitrogen and oxygen atoms in total. The van der Waals surface area contributed by atoms with Crippen LogP contribution in [-0.2, 0) is 6.54 Å². The third-order valence-electron chi connectivity index (χ3n) is 5.51. The van der Waals surface area contributed by atoms with Crippen molar-refractivity contribution in [2.75, 3.05) is 0 Å². The third kappa shape index (κ3) is 3.96. The maximum Gasteiger partial charge on any atom is 0.274 e. The van der Waals surface area contributed by atoms with Gasteiger partial charge in [0.1, 0.15) is 5.69 Å². The van der Waals surface area contributed by atoms with Gasteiger partial charge in [-0.25, -0.2) is 4.68 Å². The van der Waals surface area contributed by atoms with Gasteiger partial charge in [0, 0.05) is 24.0 Å². The fourth-order valence-electron chi connectivity index (χ4n) is 3.90. The van der Waals surface area contributed by atoms with Gasteiger partial charge in [-0.2, -0.15) is 0 Å². The summed E-state index contributed by atoms with van der Waals surface area (Å²) in [7, 11) is 0. The van der Waals surface area contributed by atoms with E-state index in [0.29, 0.717) is 18.2 Å². The summed E-state index contributed by atoms with van der Waals surface area (Å²) in [5, 5.41) is 11.8. The molecule has 0 saturated heterocycles. The fraction of sp³-hybridized carbons (Fsp3) is 0.364. The third-order valence-corrected chi connectivity index (χ3v) is 5.51. The second kappa shape index (κ2) is 8.33. The van der Waals surface area contributed by atoms with Crippen LogP contribution in [0.4, 0.5) is 0 Å². The number of hydrogen-bond donors (Lipinski definition) is 1. The summed E-state index contributed by atoms with van der Waals surface area (Å²) in [5.41, 5.74) is 3.10. The topological polar surface area (TPSA) is 72.7 Å². The zero-order chi connectivity index (χ0) is 19.3. The van der Waals surface area contributed by atoms with Crippen LogP contribution in [0, 0.1) is 5.92 Å². The monoisotopic (exact) mass is 375 g/mol. The highest BCUT2D eigenvalue weighted by Gasteiger charge is 2.27. The van der Waals surface area contributed by atoms with E-state index < -0.39 is 0 Å². The lowest BCUT2D eigenvalue weighted by molar-refractivity contribution is 0.0906. The number of benzene rings is 1. The SMILES string of the molecule is C[C@H]1CCCC[C@H]1NC(=O)c1nnn(Cc2ccccc2)c1-c1ccncc1. The van der Waals surface area contributed by atoms with Crippen molar-refractivity contribution in [2.45, 2.75) is 45.2 Å². The number of pyridine rings is 1. The summed E-state index contributed by atoms with van der Waals surface area (Å²) in [6, 6.07) is 14.0. The molecule has 1 aliphatic rings. The molecule has 2 aromatic heterocycles. The standard InChI is InChI=1S/C22H25N5O/c1-16-7-5-6-10-19(16)24-22(28)20-21(18-11-13-23-14-12-18)27(26-25-20)15-17-8-3-2-4-9-17/h2-4,8-9,11-14,16,19H,5-7,10,15H2,1H3,(H,24,28)/t16-,19+/m0/s1. The summed E-state index contributed by atoms with van der Waals surface area (Å²) in [6.07, 6.45) is 8.02. The first-order valence-corrected chi connectivity index (χ1v) is 9.91. The molecule has 3 aromatic rings. The zero-order valence-electron chi connectivity index (χ0n) is 16.1. The number of amides is 1. The Balaban J connectivity index is 1.66. The maximum atomic E-state index is 13.1. The van der Waals surface area contributed by atoms with Crippen molar-refractivity contribution in [2.24, 2.45) is 5.92 Å². The van der Waals surface area contributed by atoms with Crippen LogP contribution in [0.5, 0.6) is 0 Å². The van der Waals surface area contributed by atoms with Crippen LogP contribution in [0.15, 0.2) is 54.9 Å². The van der Waals surface area contributed by atoms with Gasteiger partial charge in [-0.1, -0.05) is 55.3 Å². The van der Waals surface area contributed by atoms with Gasteiger partial charge in [0.25, 0.3) is 5.91 Å². The molecule has 1 saturated carbocycles. The Morgan fingerprint density at radius 3 is 2.61 bits per heavy atom. The number of hydrogen-bond acceptors (Lipinski definition) is 4. The summed E-state index contributed by atoms with van der Waals surface area (Å²) < 4.78 is 1.80. The van der Waals surface area contributed by atoms with Crippen molar-refractivity contribution in [3.63, 3.8) is 0 Å². The lowest BCUT2D eigenvalue weighted by Gasteiger charge is -2.29. The molecule has 2 heterocycles. The number of aromatic nitrogens is 4. The molecule has 6 heteroatoms. The van der Waals surface area contributed by atoms with Gasteiger partial charge >= 0.3 is 0 Å². The first-order valence-electron chi connectivity index (χ1n) is 9.91. The lowest BCUT2D eigenvalue weighted by Crippen LogP contribution is -2.41. The van der Waals surface area contributed by atoms with E-state index in [0.717, 1.165) is 36.1 Å². The minimum Gasteiger partial charge on any atom is -0.348 e. The van der Waals surface area contributed by atoms with Crippen molar-refractivity contribution < 1.29 is 4.79 Å². The Labute approximate surface area is 165 Å². The zero-order valence-corrected chi connectivity index (χ0v) is 16.1. The van der Waals surface area contributed by atoms with Crippen LogP contribution >= 0.6 is 0 Å². The van der Waals surface area contributed by atoms with E-state index in [4.69, 9.17) is 0 Å². The molecule has 0 spiro atoms. The minimum absolute atomic E-state index is 0.148. The molecule has 1 N–H and O–H groups in total. The van der Waals surface area contributed by atoms with Crippen LogP contribution in [0.25, 0.3) is 11.3 Å². The molecule has 1 aromatic carbocycles. The second-order valence-electron chi connectivity index (χ2n) is 7.51. The van der Waals surface area contributed by atoms with Crippen molar-refractivity contribution in [1.82, 2.24) is 25.3 Å². The van der Waals surface area contributed by atoms with Crippen molar-refractivity contribution in [3.8, 4) is 11.3 Å². The van der Waals surface area contributed by atoms with Gasteiger partial charge in [-0.05, 0) is 36.5 Å². The molecule has 0 bridgehead atoms. The van der Waals surface area contributed by atoms with Gasteiger partial charge in [0.2, 0.25) is 0 Å². The Kier molecular flexibility index (Phi) is 5.46. The number of nitrogens with one attached hydrogen (secondary N) is 1. The average Bonchev–Trinajstić information content (AvgIpc) is 3.15. The van der Waals surface area contributed by atoms with Crippen molar-refractivity contribution >= 4 is 5.91 Å². The van der Waals surface area contributed by atoms with Crippen LogP contribution in [0.3, 0.4) is 0 Å². The molecule has 1 amide bonds. The molecule has 0 radical (unpaired) electrons. The smallest absolute Gasteiger partial charge is 0.274 e. The predicted molar refractivity (Wildman–Crippen MR) is 108 cm³/mol. The number of carbonyl (C=O) groups excluding carboxylic acids is 1. The summed E-state index contributed by atoms with van der Waals surface area (Å²) in [5.74, 6) is 0.339. The van der Waals surface area contributed by atoms with E-state index in [1.54, 1.807) is 17.1 Å². The van der Waals surface area contributed by atoms with E-state index in [-0.39, 0.29) is 11.9 Å². The molecule has 28 heavy (non-hydrogen) atoms. The van der Waals surface area contributed by atoms with Gasteiger partial charge in [0.15, 0.2) is 5.69 Å². The molecule has 144 valence electrons. The van der Waals surface area contributed by atoms with Crippen LogP contribution in [0.2, 0.25) is 0 Å².